The Kier molecular flexibility index (Phi) is 7.32. The molecular formula is C22H25FN4O4. The van der Waals surface area contributed by atoms with Crippen LogP contribution in [0.4, 0.5) is 4.39 Å². The van der Waals surface area contributed by atoms with Crippen molar-refractivity contribution in [3.05, 3.63) is 71.0 Å². The monoisotopic (exact) mass is 428 g/mol. The Balaban J connectivity index is 1.80. The molecule has 0 aliphatic carbocycles. The van der Waals surface area contributed by atoms with E-state index < -0.39 is 29.7 Å². The van der Waals surface area contributed by atoms with Crippen LogP contribution in [0.2, 0.25) is 0 Å². The van der Waals surface area contributed by atoms with Crippen LogP contribution in [-0.4, -0.2) is 60.5 Å². The predicted molar refractivity (Wildman–Crippen MR) is 111 cm³/mol. The quantitative estimate of drug-likeness (QED) is 0.681. The van der Waals surface area contributed by atoms with E-state index in [0.717, 1.165) is 11.1 Å². The molecule has 1 aliphatic rings. The lowest BCUT2D eigenvalue weighted by Gasteiger charge is -2.29. The van der Waals surface area contributed by atoms with Gasteiger partial charge in [-0.3, -0.25) is 14.4 Å². The fraction of sp³-hybridized carbons (Fsp3) is 0.318. The van der Waals surface area contributed by atoms with Gasteiger partial charge in [0.05, 0.1) is 0 Å². The van der Waals surface area contributed by atoms with E-state index in [-0.39, 0.29) is 31.8 Å². The van der Waals surface area contributed by atoms with Crippen molar-refractivity contribution < 1.29 is 23.5 Å². The minimum absolute atomic E-state index is 0.173. The normalized spacial score (nSPS) is 15.8. The van der Waals surface area contributed by atoms with E-state index in [4.69, 9.17) is 10.5 Å². The van der Waals surface area contributed by atoms with Gasteiger partial charge >= 0.3 is 0 Å². The molecule has 0 saturated carbocycles. The zero-order chi connectivity index (χ0) is 22.4. The van der Waals surface area contributed by atoms with Gasteiger partial charge in [-0.2, -0.15) is 0 Å². The first-order chi connectivity index (χ1) is 14.9. The maximum atomic E-state index is 13.2. The molecular weight excluding hydrogens is 403 g/mol. The van der Waals surface area contributed by atoms with Crippen LogP contribution >= 0.6 is 0 Å². The molecule has 0 bridgehead atoms. The highest BCUT2D eigenvalue weighted by Gasteiger charge is 2.42. The molecule has 8 nitrogen and oxygen atoms in total. The van der Waals surface area contributed by atoms with Gasteiger partial charge in [0.25, 0.3) is 17.7 Å². The Morgan fingerprint density at radius 2 is 1.77 bits per heavy atom. The number of rotatable bonds is 7. The molecule has 0 spiro atoms. The molecule has 0 aromatic heterocycles. The summed E-state index contributed by atoms with van der Waals surface area (Å²) in [5.74, 6) is -1.82. The van der Waals surface area contributed by atoms with E-state index >= 15 is 0 Å². The summed E-state index contributed by atoms with van der Waals surface area (Å²) >= 11 is 0. The summed E-state index contributed by atoms with van der Waals surface area (Å²) in [7, 11) is 1.38. The molecule has 1 unspecified atom stereocenters. The third-order valence-electron chi connectivity index (χ3n) is 5.04. The van der Waals surface area contributed by atoms with Crippen LogP contribution in [0.25, 0.3) is 0 Å². The van der Waals surface area contributed by atoms with Crippen LogP contribution < -0.4 is 11.1 Å². The average Bonchev–Trinajstić information content (AvgIpc) is 3.23. The molecule has 1 heterocycles. The third kappa shape index (κ3) is 5.25. The fourth-order valence-electron chi connectivity index (χ4n) is 3.50. The lowest BCUT2D eigenvalue weighted by Crippen LogP contribution is -2.54. The largest absolute Gasteiger partial charge is 0.375 e. The second kappa shape index (κ2) is 10.1. The van der Waals surface area contributed by atoms with Gasteiger partial charge in [-0.25, -0.2) is 4.39 Å². The van der Waals surface area contributed by atoms with Crippen molar-refractivity contribution in [2.45, 2.75) is 19.3 Å². The topological polar surface area (TPSA) is 105 Å². The van der Waals surface area contributed by atoms with Crippen molar-refractivity contribution in [3.63, 3.8) is 0 Å². The van der Waals surface area contributed by atoms with Crippen LogP contribution in [0.5, 0.6) is 0 Å². The van der Waals surface area contributed by atoms with E-state index in [1.165, 1.54) is 41.2 Å². The van der Waals surface area contributed by atoms with Crippen LogP contribution in [-0.2, 0) is 27.4 Å². The first-order valence-electron chi connectivity index (χ1n) is 9.85. The highest BCUT2D eigenvalue weighted by atomic mass is 19.1. The first-order valence-corrected chi connectivity index (χ1v) is 9.85. The average molecular weight is 428 g/mol. The fourth-order valence-corrected chi connectivity index (χ4v) is 3.50. The van der Waals surface area contributed by atoms with E-state index in [9.17, 15) is 18.8 Å². The molecule has 31 heavy (non-hydrogen) atoms. The SMILES string of the molecule is COCC(=O)N1CCN(C(=O)c2ccc(F)cc2)C1C(=O)NCc1cccc(CN)c1. The molecule has 3 rings (SSSR count). The van der Waals surface area contributed by atoms with Crippen LogP contribution in [0, 0.1) is 5.82 Å². The highest BCUT2D eigenvalue weighted by molar-refractivity contribution is 5.99. The molecule has 9 heteroatoms. The number of ether oxygens (including phenoxy) is 1. The van der Waals surface area contributed by atoms with Gasteiger partial charge in [0.15, 0.2) is 6.17 Å². The number of halogens is 1. The number of methoxy groups -OCH3 is 1. The number of amides is 3. The summed E-state index contributed by atoms with van der Waals surface area (Å²) in [5, 5.41) is 2.80. The molecule has 3 N–H and O–H groups in total. The maximum absolute atomic E-state index is 13.2. The van der Waals surface area contributed by atoms with Crippen molar-refractivity contribution in [3.8, 4) is 0 Å². The number of nitrogens with zero attached hydrogens (tertiary/aromatic N) is 2. The zero-order valence-electron chi connectivity index (χ0n) is 17.2. The van der Waals surface area contributed by atoms with Crippen molar-refractivity contribution in [2.24, 2.45) is 5.73 Å². The van der Waals surface area contributed by atoms with Crippen molar-refractivity contribution in [1.29, 1.82) is 0 Å². The number of nitrogens with one attached hydrogen (secondary N) is 1. The van der Waals surface area contributed by atoms with Gasteiger partial charge < -0.3 is 25.6 Å². The van der Waals surface area contributed by atoms with E-state index in [1.54, 1.807) is 0 Å². The molecule has 2 aromatic rings. The summed E-state index contributed by atoms with van der Waals surface area (Å²) in [5.41, 5.74) is 7.67. The Hall–Kier alpha value is -3.30. The molecule has 1 atom stereocenters. The number of hydrogen-bond donors (Lipinski definition) is 2. The van der Waals surface area contributed by atoms with E-state index in [0.29, 0.717) is 6.54 Å². The van der Waals surface area contributed by atoms with Gasteiger partial charge in [-0.15, -0.1) is 0 Å². The number of benzene rings is 2. The predicted octanol–water partition coefficient (Wildman–Crippen LogP) is 0.858. The summed E-state index contributed by atoms with van der Waals surface area (Å²) in [6.45, 7) is 0.751. The number of carbonyl (C=O) groups is 3. The van der Waals surface area contributed by atoms with E-state index in [2.05, 4.69) is 5.32 Å². The number of nitrogens with two attached hydrogens (primary N) is 1. The minimum atomic E-state index is -1.13. The van der Waals surface area contributed by atoms with Crippen LogP contribution in [0.3, 0.4) is 0 Å². The van der Waals surface area contributed by atoms with Gasteiger partial charge in [0.1, 0.15) is 12.4 Å². The minimum Gasteiger partial charge on any atom is -0.375 e. The number of carbonyl (C=O) groups excluding carboxylic acids is 3. The lowest BCUT2D eigenvalue weighted by atomic mass is 10.1. The van der Waals surface area contributed by atoms with E-state index in [1.807, 2.05) is 24.3 Å². The molecule has 164 valence electrons. The highest BCUT2D eigenvalue weighted by Crippen LogP contribution is 2.19. The van der Waals surface area contributed by atoms with Crippen molar-refractivity contribution in [2.75, 3.05) is 26.8 Å². The molecule has 2 aromatic carbocycles. The molecule has 3 amide bonds. The van der Waals surface area contributed by atoms with Crippen molar-refractivity contribution in [1.82, 2.24) is 15.1 Å². The number of hydrogen-bond acceptors (Lipinski definition) is 5. The first kappa shape index (κ1) is 22.4. The Morgan fingerprint density at radius 1 is 1.10 bits per heavy atom. The Bertz CT molecular complexity index is 951. The van der Waals surface area contributed by atoms with Gasteiger partial charge in [-0.05, 0) is 35.4 Å². The standard InChI is InChI=1S/C22H25FN4O4/c1-31-14-19(28)26-9-10-27(22(30)17-5-7-18(23)8-6-17)21(26)20(29)25-13-16-4-2-3-15(11-16)12-24/h2-8,11,21H,9-10,12-14,24H2,1H3,(H,25,29). The maximum Gasteiger partial charge on any atom is 0.264 e. The summed E-state index contributed by atoms with van der Waals surface area (Å²) in [4.78, 5) is 41.2. The van der Waals surface area contributed by atoms with Gasteiger partial charge in [-0.1, -0.05) is 24.3 Å². The summed E-state index contributed by atoms with van der Waals surface area (Å²) in [6.07, 6.45) is -1.13. The third-order valence-corrected chi connectivity index (χ3v) is 5.04. The van der Waals surface area contributed by atoms with Gasteiger partial charge in [0, 0.05) is 38.9 Å². The van der Waals surface area contributed by atoms with Gasteiger partial charge in [0.2, 0.25) is 0 Å². The Labute approximate surface area is 179 Å². The summed E-state index contributed by atoms with van der Waals surface area (Å²) in [6, 6.07) is 12.5. The second-order valence-electron chi connectivity index (χ2n) is 7.14. The van der Waals surface area contributed by atoms with Crippen LogP contribution in [0.1, 0.15) is 21.5 Å². The molecule has 1 saturated heterocycles. The Morgan fingerprint density at radius 3 is 2.45 bits per heavy atom. The molecule has 1 aliphatic heterocycles. The lowest BCUT2D eigenvalue weighted by molar-refractivity contribution is -0.143. The smallest absolute Gasteiger partial charge is 0.264 e. The zero-order valence-corrected chi connectivity index (χ0v) is 17.2. The van der Waals surface area contributed by atoms with Crippen LogP contribution in [0.15, 0.2) is 48.5 Å². The summed E-state index contributed by atoms with van der Waals surface area (Å²) < 4.78 is 18.1. The molecule has 1 fully saturated rings. The second-order valence-corrected chi connectivity index (χ2v) is 7.14. The molecule has 0 radical (unpaired) electrons. The van der Waals surface area contributed by atoms with Crippen molar-refractivity contribution >= 4 is 17.7 Å².